The first-order valence-corrected chi connectivity index (χ1v) is 4.70. The van der Waals surface area contributed by atoms with Crippen molar-refractivity contribution in [1.82, 2.24) is 10.1 Å². The maximum atomic E-state index is 12.2. The lowest BCUT2D eigenvalue weighted by atomic mass is 10.2. The fourth-order valence-electron chi connectivity index (χ4n) is 1.24. The second-order valence-corrected chi connectivity index (χ2v) is 3.25. The molecule has 0 saturated heterocycles. The number of nitrogens with one attached hydrogen (secondary N) is 1. The summed E-state index contributed by atoms with van der Waals surface area (Å²) < 4.78 is 40.8. The minimum atomic E-state index is -4.61. The molecule has 0 bridgehead atoms. The zero-order chi connectivity index (χ0) is 12.5. The van der Waals surface area contributed by atoms with E-state index in [1.54, 1.807) is 31.3 Å². The lowest BCUT2D eigenvalue weighted by Crippen LogP contribution is -2.04. The van der Waals surface area contributed by atoms with E-state index in [4.69, 9.17) is 0 Å². The Morgan fingerprint density at radius 3 is 2.29 bits per heavy atom. The molecule has 0 atom stereocenters. The summed E-state index contributed by atoms with van der Waals surface area (Å²) in [7, 11) is 1.74. The molecule has 1 heterocycles. The normalized spacial score (nSPS) is 11.5. The Bertz CT molecular complexity index is 504. The fourth-order valence-corrected chi connectivity index (χ4v) is 1.24. The van der Waals surface area contributed by atoms with Crippen LogP contribution in [0.1, 0.15) is 5.89 Å². The van der Waals surface area contributed by atoms with Gasteiger partial charge >= 0.3 is 12.1 Å². The van der Waals surface area contributed by atoms with Crippen molar-refractivity contribution in [1.29, 1.82) is 0 Å². The van der Waals surface area contributed by atoms with Crippen molar-refractivity contribution < 1.29 is 17.7 Å². The highest BCUT2D eigenvalue weighted by atomic mass is 19.4. The molecule has 0 unspecified atom stereocenters. The summed E-state index contributed by atoms with van der Waals surface area (Å²) in [6.45, 7) is 0. The van der Waals surface area contributed by atoms with E-state index in [9.17, 15) is 13.2 Å². The van der Waals surface area contributed by atoms with Gasteiger partial charge in [0.15, 0.2) is 0 Å². The van der Waals surface area contributed by atoms with Gasteiger partial charge in [0, 0.05) is 18.3 Å². The summed E-state index contributed by atoms with van der Waals surface area (Å²) in [6.07, 6.45) is -4.61. The van der Waals surface area contributed by atoms with Gasteiger partial charge in [-0.15, -0.1) is 0 Å². The zero-order valence-corrected chi connectivity index (χ0v) is 8.75. The molecule has 0 fully saturated rings. The van der Waals surface area contributed by atoms with Crippen molar-refractivity contribution in [2.45, 2.75) is 6.18 Å². The standard InChI is InChI=1S/C10H8F3N3O/c1-14-7-4-2-6(3-5-7)8-15-9(17-16-8)10(11,12)13/h2-5,14H,1H3. The van der Waals surface area contributed by atoms with Crippen molar-refractivity contribution in [3.8, 4) is 11.4 Å². The summed E-state index contributed by atoms with van der Waals surface area (Å²) in [6, 6.07) is 6.63. The van der Waals surface area contributed by atoms with Gasteiger partial charge in [-0.3, -0.25) is 0 Å². The molecule has 1 aromatic heterocycles. The maximum Gasteiger partial charge on any atom is 0.471 e. The van der Waals surface area contributed by atoms with Crippen LogP contribution in [-0.4, -0.2) is 17.2 Å². The molecule has 90 valence electrons. The van der Waals surface area contributed by atoms with Crippen LogP contribution in [-0.2, 0) is 6.18 Å². The van der Waals surface area contributed by atoms with E-state index in [1.165, 1.54) is 0 Å². The highest BCUT2D eigenvalue weighted by Gasteiger charge is 2.38. The van der Waals surface area contributed by atoms with Crippen LogP contribution in [0.2, 0.25) is 0 Å². The Morgan fingerprint density at radius 1 is 1.18 bits per heavy atom. The molecule has 0 aliphatic rings. The summed E-state index contributed by atoms with van der Waals surface area (Å²) in [4.78, 5) is 3.28. The highest BCUT2D eigenvalue weighted by Crippen LogP contribution is 2.29. The molecule has 2 aromatic rings. The van der Waals surface area contributed by atoms with Gasteiger partial charge < -0.3 is 9.84 Å². The predicted octanol–water partition coefficient (Wildman–Crippen LogP) is 2.80. The van der Waals surface area contributed by atoms with Crippen molar-refractivity contribution in [2.75, 3.05) is 12.4 Å². The molecule has 4 nitrogen and oxygen atoms in total. The fraction of sp³-hybridized carbons (Fsp3) is 0.200. The van der Waals surface area contributed by atoms with Crippen LogP contribution in [0, 0.1) is 0 Å². The van der Waals surface area contributed by atoms with Crippen molar-refractivity contribution in [3.63, 3.8) is 0 Å². The second-order valence-electron chi connectivity index (χ2n) is 3.25. The van der Waals surface area contributed by atoms with Crippen LogP contribution in [0.25, 0.3) is 11.4 Å². The quantitative estimate of drug-likeness (QED) is 0.881. The molecule has 1 aromatic carbocycles. The van der Waals surface area contributed by atoms with Gasteiger partial charge in [0.1, 0.15) is 0 Å². The van der Waals surface area contributed by atoms with E-state index < -0.39 is 12.1 Å². The molecule has 2 rings (SSSR count). The number of nitrogens with zero attached hydrogens (tertiary/aromatic N) is 2. The van der Waals surface area contributed by atoms with E-state index in [-0.39, 0.29) is 5.82 Å². The molecular weight excluding hydrogens is 235 g/mol. The largest absolute Gasteiger partial charge is 0.471 e. The van der Waals surface area contributed by atoms with Crippen molar-refractivity contribution >= 4 is 5.69 Å². The number of aromatic nitrogens is 2. The minimum absolute atomic E-state index is 0.0834. The summed E-state index contributed by atoms with van der Waals surface area (Å²) in [5.41, 5.74) is 1.30. The van der Waals surface area contributed by atoms with Crippen molar-refractivity contribution in [2.24, 2.45) is 0 Å². The maximum absolute atomic E-state index is 12.2. The van der Waals surface area contributed by atoms with E-state index in [1.807, 2.05) is 0 Å². The third-order valence-electron chi connectivity index (χ3n) is 2.10. The third kappa shape index (κ3) is 2.38. The molecule has 1 N–H and O–H groups in total. The van der Waals surface area contributed by atoms with Gasteiger partial charge in [0.05, 0.1) is 0 Å². The first-order valence-electron chi connectivity index (χ1n) is 4.70. The van der Waals surface area contributed by atoms with E-state index in [2.05, 4.69) is 20.0 Å². The molecule has 0 radical (unpaired) electrons. The van der Waals surface area contributed by atoms with Crippen LogP contribution in [0.4, 0.5) is 18.9 Å². The van der Waals surface area contributed by atoms with E-state index >= 15 is 0 Å². The average molecular weight is 243 g/mol. The number of alkyl halides is 3. The number of hydrogen-bond acceptors (Lipinski definition) is 4. The Balaban J connectivity index is 2.30. The number of halogens is 3. The Labute approximate surface area is 94.4 Å². The Morgan fingerprint density at radius 2 is 1.82 bits per heavy atom. The Hall–Kier alpha value is -2.05. The molecule has 0 saturated carbocycles. The van der Waals surface area contributed by atoms with Gasteiger partial charge in [0.2, 0.25) is 5.82 Å². The lowest BCUT2D eigenvalue weighted by molar-refractivity contribution is -0.159. The van der Waals surface area contributed by atoms with E-state index in [0.29, 0.717) is 5.56 Å². The molecule has 0 amide bonds. The van der Waals surface area contributed by atoms with Crippen LogP contribution in [0.5, 0.6) is 0 Å². The summed E-state index contributed by atoms with van der Waals surface area (Å²) in [5.74, 6) is -1.43. The second kappa shape index (κ2) is 4.08. The number of benzene rings is 1. The molecule has 0 aliphatic heterocycles. The highest BCUT2D eigenvalue weighted by molar-refractivity contribution is 5.59. The first-order chi connectivity index (χ1) is 8.00. The average Bonchev–Trinajstić information content (AvgIpc) is 2.78. The van der Waals surface area contributed by atoms with Crippen LogP contribution >= 0.6 is 0 Å². The van der Waals surface area contributed by atoms with Crippen LogP contribution < -0.4 is 5.32 Å². The minimum Gasteiger partial charge on any atom is -0.388 e. The van der Waals surface area contributed by atoms with Gasteiger partial charge in [-0.05, 0) is 24.3 Å². The number of anilines is 1. The van der Waals surface area contributed by atoms with Gasteiger partial charge in [-0.1, -0.05) is 5.16 Å². The topological polar surface area (TPSA) is 51.0 Å². The van der Waals surface area contributed by atoms with E-state index in [0.717, 1.165) is 5.69 Å². The molecule has 7 heteroatoms. The van der Waals surface area contributed by atoms with Gasteiger partial charge in [0.25, 0.3) is 0 Å². The van der Waals surface area contributed by atoms with Crippen LogP contribution in [0.15, 0.2) is 28.8 Å². The molecule has 0 spiro atoms. The monoisotopic (exact) mass is 243 g/mol. The first kappa shape index (κ1) is 11.4. The zero-order valence-electron chi connectivity index (χ0n) is 8.75. The summed E-state index contributed by atoms with van der Waals surface area (Å²) in [5, 5.41) is 6.17. The SMILES string of the molecule is CNc1ccc(-c2noc(C(F)(F)F)n2)cc1. The van der Waals surface area contributed by atoms with Crippen LogP contribution in [0.3, 0.4) is 0 Å². The number of hydrogen-bond donors (Lipinski definition) is 1. The molecular formula is C10H8F3N3O. The number of rotatable bonds is 2. The molecule has 0 aliphatic carbocycles. The summed E-state index contributed by atoms with van der Waals surface area (Å²) >= 11 is 0. The smallest absolute Gasteiger partial charge is 0.388 e. The third-order valence-corrected chi connectivity index (χ3v) is 2.10. The van der Waals surface area contributed by atoms with Gasteiger partial charge in [-0.2, -0.15) is 18.2 Å². The van der Waals surface area contributed by atoms with Gasteiger partial charge in [-0.25, -0.2) is 0 Å². The molecule has 17 heavy (non-hydrogen) atoms. The lowest BCUT2D eigenvalue weighted by Gasteiger charge is -1.99. The predicted molar refractivity (Wildman–Crippen MR) is 54.3 cm³/mol. The van der Waals surface area contributed by atoms with Crippen molar-refractivity contribution in [3.05, 3.63) is 30.2 Å². The Kier molecular flexibility index (Phi) is 2.74.